The van der Waals surface area contributed by atoms with Crippen LogP contribution in [0.2, 0.25) is 0 Å². The van der Waals surface area contributed by atoms with Crippen molar-refractivity contribution >= 4 is 25.7 Å². The highest BCUT2D eigenvalue weighted by Crippen LogP contribution is 2.24. The molecule has 1 aromatic carbocycles. The summed E-state index contributed by atoms with van der Waals surface area (Å²) in [5, 5.41) is 0. The second kappa shape index (κ2) is 4.39. The lowest BCUT2D eigenvalue weighted by molar-refractivity contribution is 0.0600. The quantitative estimate of drug-likeness (QED) is 0.605. The average Bonchev–Trinajstić information content (AvgIpc) is 2.18. The van der Waals surface area contributed by atoms with Gasteiger partial charge in [0.15, 0.2) is 0 Å². The Hall–Kier alpha value is -1.14. The van der Waals surface area contributed by atoms with Crippen molar-refractivity contribution in [3.05, 3.63) is 29.1 Å². The topological polar surface area (TPSA) is 60.4 Å². The summed E-state index contributed by atoms with van der Waals surface area (Å²) in [4.78, 5) is 10.7. The molecule has 0 fully saturated rings. The lowest BCUT2D eigenvalue weighted by Crippen LogP contribution is -2.06. The van der Waals surface area contributed by atoms with Gasteiger partial charge >= 0.3 is 5.97 Å². The van der Waals surface area contributed by atoms with Crippen LogP contribution in [0.25, 0.3) is 0 Å². The molecule has 0 heterocycles. The van der Waals surface area contributed by atoms with Crippen molar-refractivity contribution in [2.75, 3.05) is 7.11 Å². The molecule has 0 radical (unpaired) electrons. The van der Waals surface area contributed by atoms with Crippen LogP contribution in [-0.2, 0) is 13.8 Å². The summed E-state index contributed by atoms with van der Waals surface area (Å²) in [7, 11) is 2.12. The van der Waals surface area contributed by atoms with Gasteiger partial charge in [0.05, 0.1) is 17.6 Å². The maximum atomic E-state index is 13.3. The van der Waals surface area contributed by atoms with Crippen LogP contribution in [0.3, 0.4) is 0 Å². The molecule has 0 amide bonds. The van der Waals surface area contributed by atoms with Crippen molar-refractivity contribution < 1.29 is 22.3 Å². The molecule has 88 valence electrons. The van der Waals surface area contributed by atoms with Gasteiger partial charge in [-0.3, -0.25) is 0 Å². The molecule has 0 saturated heterocycles. The van der Waals surface area contributed by atoms with Gasteiger partial charge in [0.25, 0.3) is 9.05 Å². The van der Waals surface area contributed by atoms with Crippen LogP contribution in [0.4, 0.5) is 4.39 Å². The van der Waals surface area contributed by atoms with Crippen LogP contribution >= 0.6 is 10.7 Å². The first-order chi connectivity index (χ1) is 7.27. The standard InChI is InChI=1S/C9H8ClFO4S/c1-5-7(11)3-6(9(12)15-2)4-8(5)16(10,13)14/h3-4H,1-2H3. The van der Waals surface area contributed by atoms with Gasteiger partial charge in [0.2, 0.25) is 0 Å². The summed E-state index contributed by atoms with van der Waals surface area (Å²) in [5.74, 6) is -1.66. The molecule has 0 spiro atoms. The molecule has 16 heavy (non-hydrogen) atoms. The summed E-state index contributed by atoms with van der Waals surface area (Å²) >= 11 is 0. The first kappa shape index (κ1) is 12.9. The third-order valence-electron chi connectivity index (χ3n) is 1.98. The number of halogens is 2. The van der Waals surface area contributed by atoms with Gasteiger partial charge in [0.1, 0.15) is 5.82 Å². The van der Waals surface area contributed by atoms with Gasteiger partial charge in [-0.1, -0.05) is 0 Å². The fraction of sp³-hybridized carbons (Fsp3) is 0.222. The van der Waals surface area contributed by atoms with E-state index in [-0.39, 0.29) is 11.1 Å². The van der Waals surface area contributed by atoms with E-state index >= 15 is 0 Å². The lowest BCUT2D eigenvalue weighted by Gasteiger charge is -2.06. The normalized spacial score (nSPS) is 11.2. The number of rotatable bonds is 2. The number of methoxy groups -OCH3 is 1. The van der Waals surface area contributed by atoms with Gasteiger partial charge in [-0.05, 0) is 19.1 Å². The molecular formula is C9H8ClFO4S. The van der Waals surface area contributed by atoms with Gasteiger partial charge in [0, 0.05) is 16.2 Å². The highest BCUT2D eigenvalue weighted by molar-refractivity contribution is 8.13. The zero-order valence-corrected chi connectivity index (χ0v) is 10.0. The molecule has 0 aliphatic rings. The third kappa shape index (κ3) is 2.51. The molecule has 4 nitrogen and oxygen atoms in total. The molecule has 0 saturated carbocycles. The SMILES string of the molecule is COC(=O)c1cc(F)c(C)c(S(=O)(=O)Cl)c1. The Morgan fingerprint density at radius 3 is 2.44 bits per heavy atom. The van der Waals surface area contributed by atoms with Crippen LogP contribution in [-0.4, -0.2) is 21.5 Å². The van der Waals surface area contributed by atoms with Gasteiger partial charge in [-0.15, -0.1) is 0 Å². The second-order valence-electron chi connectivity index (χ2n) is 3.01. The van der Waals surface area contributed by atoms with E-state index in [1.54, 1.807) is 0 Å². The van der Waals surface area contributed by atoms with Crippen molar-refractivity contribution in [2.24, 2.45) is 0 Å². The first-order valence-corrected chi connectivity index (χ1v) is 6.41. The predicted molar refractivity (Wildman–Crippen MR) is 55.5 cm³/mol. The second-order valence-corrected chi connectivity index (χ2v) is 5.54. The number of carbonyl (C=O) groups excluding carboxylic acids is 1. The number of esters is 1. The maximum Gasteiger partial charge on any atom is 0.337 e. The van der Waals surface area contributed by atoms with Crippen molar-refractivity contribution in [1.29, 1.82) is 0 Å². The minimum Gasteiger partial charge on any atom is -0.465 e. The van der Waals surface area contributed by atoms with Crippen LogP contribution in [0.1, 0.15) is 15.9 Å². The van der Waals surface area contributed by atoms with E-state index in [1.807, 2.05) is 0 Å². The molecule has 0 aromatic heterocycles. The van der Waals surface area contributed by atoms with E-state index < -0.39 is 25.7 Å². The van der Waals surface area contributed by atoms with Crippen LogP contribution in [0, 0.1) is 12.7 Å². The minimum absolute atomic E-state index is 0.136. The van der Waals surface area contributed by atoms with E-state index in [0.29, 0.717) is 0 Å². The van der Waals surface area contributed by atoms with Gasteiger partial charge in [-0.25, -0.2) is 17.6 Å². The summed E-state index contributed by atoms with van der Waals surface area (Å²) < 4.78 is 39.9. The Morgan fingerprint density at radius 2 is 2.00 bits per heavy atom. The zero-order chi connectivity index (χ0) is 12.5. The molecule has 0 aliphatic carbocycles. The highest BCUT2D eigenvalue weighted by Gasteiger charge is 2.20. The summed E-state index contributed by atoms with van der Waals surface area (Å²) in [5.41, 5.74) is -0.340. The number of ether oxygens (including phenoxy) is 1. The molecule has 0 unspecified atom stereocenters. The van der Waals surface area contributed by atoms with E-state index in [9.17, 15) is 17.6 Å². The molecule has 0 atom stereocenters. The lowest BCUT2D eigenvalue weighted by atomic mass is 10.1. The van der Waals surface area contributed by atoms with E-state index in [0.717, 1.165) is 19.2 Å². The van der Waals surface area contributed by atoms with E-state index in [4.69, 9.17) is 10.7 Å². The Kier molecular flexibility index (Phi) is 3.54. The molecular weight excluding hydrogens is 259 g/mol. The maximum absolute atomic E-state index is 13.3. The molecule has 0 N–H and O–H groups in total. The van der Waals surface area contributed by atoms with E-state index in [1.165, 1.54) is 6.92 Å². The highest BCUT2D eigenvalue weighted by atomic mass is 35.7. The van der Waals surface area contributed by atoms with Crippen LogP contribution in [0.5, 0.6) is 0 Å². The third-order valence-corrected chi connectivity index (χ3v) is 3.43. The molecule has 0 aliphatic heterocycles. The van der Waals surface area contributed by atoms with Crippen molar-refractivity contribution in [2.45, 2.75) is 11.8 Å². The summed E-state index contributed by atoms with van der Waals surface area (Å²) in [6, 6.07) is 1.87. The number of hydrogen-bond acceptors (Lipinski definition) is 4. The first-order valence-electron chi connectivity index (χ1n) is 4.10. The number of benzene rings is 1. The summed E-state index contributed by atoms with van der Waals surface area (Å²) in [6.07, 6.45) is 0. The Bertz CT molecular complexity index is 539. The Labute approximate surface area is 96.4 Å². The summed E-state index contributed by atoms with van der Waals surface area (Å²) in [6.45, 7) is 1.26. The molecule has 0 bridgehead atoms. The fourth-order valence-corrected chi connectivity index (χ4v) is 2.35. The van der Waals surface area contributed by atoms with Gasteiger partial charge in [-0.2, -0.15) is 0 Å². The van der Waals surface area contributed by atoms with Crippen molar-refractivity contribution in [1.82, 2.24) is 0 Å². The fourth-order valence-electron chi connectivity index (χ4n) is 1.14. The van der Waals surface area contributed by atoms with E-state index in [2.05, 4.69) is 4.74 Å². The molecule has 1 aromatic rings. The van der Waals surface area contributed by atoms with Gasteiger partial charge < -0.3 is 4.74 Å². The number of carbonyl (C=O) groups is 1. The Morgan fingerprint density at radius 1 is 1.44 bits per heavy atom. The molecule has 7 heteroatoms. The predicted octanol–water partition coefficient (Wildman–Crippen LogP) is 1.85. The minimum atomic E-state index is -4.10. The molecule has 1 rings (SSSR count). The largest absolute Gasteiger partial charge is 0.465 e. The Balaban J connectivity index is 3.52. The number of hydrogen-bond donors (Lipinski definition) is 0. The smallest absolute Gasteiger partial charge is 0.337 e. The van der Waals surface area contributed by atoms with Crippen molar-refractivity contribution in [3.8, 4) is 0 Å². The average molecular weight is 267 g/mol. The van der Waals surface area contributed by atoms with Crippen LogP contribution in [0.15, 0.2) is 17.0 Å². The van der Waals surface area contributed by atoms with Crippen LogP contribution < -0.4 is 0 Å². The van der Waals surface area contributed by atoms with Crippen molar-refractivity contribution in [3.63, 3.8) is 0 Å². The monoisotopic (exact) mass is 266 g/mol. The zero-order valence-electron chi connectivity index (χ0n) is 8.45.